The Balaban J connectivity index is 3.02. The molecule has 0 saturated heterocycles. The minimum Gasteiger partial charge on any atom is -0.468 e. The molecule has 112 valence electrons. The summed E-state index contributed by atoms with van der Waals surface area (Å²) in [5, 5.41) is 9.02. The zero-order valence-electron chi connectivity index (χ0n) is 12.1. The molecule has 0 bridgehead atoms. The Morgan fingerprint density at radius 2 is 1.67 bits per heavy atom. The first kappa shape index (κ1) is 16.7. The summed E-state index contributed by atoms with van der Waals surface area (Å²) in [5.41, 5.74) is 0.854. The summed E-state index contributed by atoms with van der Waals surface area (Å²) < 4.78 is 9.29. The average Bonchev–Trinajstić information content (AvgIpc) is 2.52. The topological polar surface area (TPSA) is 79.6 Å². The largest absolute Gasteiger partial charge is 0.468 e. The summed E-state index contributed by atoms with van der Waals surface area (Å²) >= 11 is 0. The molecule has 0 spiro atoms. The van der Waals surface area contributed by atoms with Gasteiger partial charge in [-0.05, 0) is 5.56 Å². The molecule has 1 aromatic rings. The second-order valence-electron chi connectivity index (χ2n) is 4.35. The molecule has 21 heavy (non-hydrogen) atoms. The normalized spacial score (nSPS) is 11.5. The van der Waals surface area contributed by atoms with Crippen LogP contribution in [-0.2, 0) is 19.1 Å². The molecule has 1 rings (SSSR count). The predicted molar refractivity (Wildman–Crippen MR) is 75.0 cm³/mol. The number of carbonyl (C=O) groups is 2. The van der Waals surface area contributed by atoms with Crippen molar-refractivity contribution >= 4 is 11.9 Å². The van der Waals surface area contributed by atoms with Crippen LogP contribution in [0.2, 0.25) is 0 Å². The maximum absolute atomic E-state index is 11.5. The monoisotopic (exact) mass is 290 g/mol. The van der Waals surface area contributed by atoms with Crippen molar-refractivity contribution in [3.05, 3.63) is 35.9 Å². The first-order chi connectivity index (χ1) is 10.1. The first-order valence-corrected chi connectivity index (χ1v) is 6.42. The Hall–Kier alpha value is -2.39. The van der Waals surface area contributed by atoms with E-state index in [-0.39, 0.29) is 25.6 Å². The lowest BCUT2D eigenvalue weighted by Crippen LogP contribution is -2.38. The van der Waals surface area contributed by atoms with Crippen LogP contribution in [0.3, 0.4) is 0 Å². The van der Waals surface area contributed by atoms with Crippen LogP contribution in [0.4, 0.5) is 0 Å². The Morgan fingerprint density at radius 3 is 2.10 bits per heavy atom. The van der Waals surface area contributed by atoms with Gasteiger partial charge in [-0.15, -0.1) is 0 Å². The van der Waals surface area contributed by atoms with Gasteiger partial charge < -0.3 is 9.47 Å². The van der Waals surface area contributed by atoms with Gasteiger partial charge in [-0.1, -0.05) is 30.3 Å². The van der Waals surface area contributed by atoms with Gasteiger partial charge in [0, 0.05) is 6.04 Å². The van der Waals surface area contributed by atoms with E-state index in [9.17, 15) is 9.59 Å². The average molecular weight is 290 g/mol. The zero-order chi connectivity index (χ0) is 15.7. The van der Waals surface area contributed by atoms with Gasteiger partial charge in [0.15, 0.2) is 0 Å². The highest BCUT2D eigenvalue weighted by atomic mass is 16.5. The molecular weight excluding hydrogens is 272 g/mol. The van der Waals surface area contributed by atoms with Gasteiger partial charge >= 0.3 is 11.9 Å². The van der Waals surface area contributed by atoms with Crippen LogP contribution >= 0.6 is 0 Å². The fraction of sp³-hybridized carbons (Fsp3) is 0.400. The van der Waals surface area contributed by atoms with Gasteiger partial charge in [0.05, 0.1) is 39.8 Å². The van der Waals surface area contributed by atoms with E-state index in [0.717, 1.165) is 5.56 Å². The number of hydrogen-bond donors (Lipinski definition) is 0. The van der Waals surface area contributed by atoms with Crippen molar-refractivity contribution in [1.29, 1.82) is 5.26 Å². The summed E-state index contributed by atoms with van der Waals surface area (Å²) in [5.74, 6) is -0.949. The number of methoxy groups -OCH3 is 2. The molecule has 1 unspecified atom stereocenters. The van der Waals surface area contributed by atoms with Crippen LogP contribution in [-0.4, -0.2) is 44.1 Å². The quantitative estimate of drug-likeness (QED) is 0.704. The molecular formula is C15H18N2O4. The van der Waals surface area contributed by atoms with E-state index in [4.69, 9.17) is 5.26 Å². The van der Waals surface area contributed by atoms with Crippen LogP contribution < -0.4 is 0 Å². The standard InChI is InChI=1S/C15H18N2O4/c1-20-14(18)10-17(11-15(19)21-2)13(8-9-16)12-6-4-3-5-7-12/h3-7,13H,8,10-11H2,1-2H3. The van der Waals surface area contributed by atoms with Gasteiger partial charge in [-0.25, -0.2) is 0 Å². The third-order valence-electron chi connectivity index (χ3n) is 3.03. The molecule has 0 amide bonds. The van der Waals surface area contributed by atoms with Crippen molar-refractivity contribution in [2.75, 3.05) is 27.3 Å². The van der Waals surface area contributed by atoms with Gasteiger partial charge in [-0.3, -0.25) is 14.5 Å². The van der Waals surface area contributed by atoms with Gasteiger partial charge in [-0.2, -0.15) is 5.26 Å². The molecule has 0 heterocycles. The zero-order valence-corrected chi connectivity index (χ0v) is 12.1. The van der Waals surface area contributed by atoms with Gasteiger partial charge in [0.2, 0.25) is 0 Å². The second kappa shape index (κ2) is 8.72. The molecule has 0 aliphatic carbocycles. The van der Waals surface area contributed by atoms with Gasteiger partial charge in [0.1, 0.15) is 0 Å². The Labute approximate surface area is 123 Å². The number of nitrogens with zero attached hydrogens (tertiary/aromatic N) is 2. The molecule has 1 aromatic carbocycles. The maximum Gasteiger partial charge on any atom is 0.319 e. The molecule has 0 saturated carbocycles. The van der Waals surface area contributed by atoms with Crippen molar-refractivity contribution in [2.45, 2.75) is 12.5 Å². The number of nitriles is 1. The lowest BCUT2D eigenvalue weighted by Gasteiger charge is -2.28. The van der Waals surface area contributed by atoms with E-state index in [1.165, 1.54) is 14.2 Å². The number of rotatable bonds is 7. The Bertz CT molecular complexity index is 492. The van der Waals surface area contributed by atoms with E-state index < -0.39 is 11.9 Å². The fourth-order valence-electron chi connectivity index (χ4n) is 1.96. The van der Waals surface area contributed by atoms with Crippen molar-refractivity contribution in [1.82, 2.24) is 4.90 Å². The summed E-state index contributed by atoms with van der Waals surface area (Å²) in [7, 11) is 2.56. The van der Waals surface area contributed by atoms with E-state index >= 15 is 0 Å². The summed E-state index contributed by atoms with van der Waals surface area (Å²) in [6.07, 6.45) is 0.151. The number of hydrogen-bond acceptors (Lipinski definition) is 6. The molecule has 0 aliphatic rings. The van der Waals surface area contributed by atoms with Crippen molar-refractivity contribution in [3.63, 3.8) is 0 Å². The van der Waals surface area contributed by atoms with Crippen LogP contribution in [0.15, 0.2) is 30.3 Å². The smallest absolute Gasteiger partial charge is 0.319 e. The van der Waals surface area contributed by atoms with E-state index in [2.05, 4.69) is 15.5 Å². The molecule has 0 radical (unpaired) electrons. The summed E-state index contributed by atoms with van der Waals surface area (Å²) in [6.45, 7) is -0.181. The second-order valence-corrected chi connectivity index (χ2v) is 4.35. The first-order valence-electron chi connectivity index (χ1n) is 6.42. The molecule has 1 atom stereocenters. The number of benzene rings is 1. The number of ether oxygens (including phenoxy) is 2. The molecule has 0 N–H and O–H groups in total. The van der Waals surface area contributed by atoms with Gasteiger partial charge in [0.25, 0.3) is 0 Å². The molecule has 6 nitrogen and oxygen atoms in total. The van der Waals surface area contributed by atoms with Crippen molar-refractivity contribution < 1.29 is 19.1 Å². The molecule has 0 aromatic heterocycles. The lowest BCUT2D eigenvalue weighted by atomic mass is 10.0. The Kier molecular flexibility index (Phi) is 6.92. The highest BCUT2D eigenvalue weighted by Gasteiger charge is 2.25. The van der Waals surface area contributed by atoms with E-state index in [1.54, 1.807) is 4.90 Å². The van der Waals surface area contributed by atoms with E-state index in [1.807, 2.05) is 30.3 Å². The number of esters is 2. The maximum atomic E-state index is 11.5. The van der Waals surface area contributed by atoms with Crippen LogP contribution in [0.5, 0.6) is 0 Å². The lowest BCUT2D eigenvalue weighted by molar-refractivity contribution is -0.146. The third-order valence-corrected chi connectivity index (χ3v) is 3.03. The molecule has 0 aliphatic heterocycles. The fourth-order valence-corrected chi connectivity index (χ4v) is 1.96. The van der Waals surface area contributed by atoms with Crippen LogP contribution in [0.1, 0.15) is 18.0 Å². The minimum absolute atomic E-state index is 0.0904. The molecule has 0 fully saturated rings. The molecule has 6 heteroatoms. The van der Waals surface area contributed by atoms with Crippen LogP contribution in [0, 0.1) is 11.3 Å². The third kappa shape index (κ3) is 5.24. The summed E-state index contributed by atoms with van der Waals surface area (Å²) in [6, 6.07) is 10.9. The SMILES string of the molecule is COC(=O)CN(CC(=O)OC)C(CC#N)c1ccccc1. The predicted octanol–water partition coefficient (Wildman–Crippen LogP) is 1.29. The Morgan fingerprint density at radius 1 is 1.14 bits per heavy atom. The van der Waals surface area contributed by atoms with Crippen molar-refractivity contribution in [2.24, 2.45) is 0 Å². The minimum atomic E-state index is -0.474. The van der Waals surface area contributed by atoms with E-state index in [0.29, 0.717) is 0 Å². The highest BCUT2D eigenvalue weighted by Crippen LogP contribution is 2.23. The highest BCUT2D eigenvalue weighted by molar-refractivity contribution is 5.75. The van der Waals surface area contributed by atoms with Crippen LogP contribution in [0.25, 0.3) is 0 Å². The van der Waals surface area contributed by atoms with Crippen molar-refractivity contribution in [3.8, 4) is 6.07 Å². The number of carbonyl (C=O) groups excluding carboxylic acids is 2. The summed E-state index contributed by atoms with van der Waals surface area (Å²) in [4.78, 5) is 24.6.